The molecule has 1 aliphatic heterocycles. The Morgan fingerprint density at radius 3 is 2.48 bits per heavy atom. The molecule has 0 aliphatic carbocycles. The van der Waals surface area contributed by atoms with E-state index in [1.165, 1.54) is 0 Å². The molecule has 0 amide bonds. The molecule has 0 radical (unpaired) electrons. The summed E-state index contributed by atoms with van der Waals surface area (Å²) in [4.78, 5) is 13.6. The molecular weight excluding hydrogens is 412 g/mol. The van der Waals surface area contributed by atoms with Crippen molar-refractivity contribution >= 4 is 15.7 Å². The van der Waals surface area contributed by atoms with Gasteiger partial charge >= 0.3 is 0 Å². The van der Waals surface area contributed by atoms with Crippen LogP contribution in [0, 0.1) is 0 Å². The van der Waals surface area contributed by atoms with Gasteiger partial charge in [-0.3, -0.25) is 4.90 Å². The van der Waals surface area contributed by atoms with E-state index in [-0.39, 0.29) is 5.75 Å². The number of piperazine rings is 1. The van der Waals surface area contributed by atoms with E-state index >= 15 is 0 Å². The van der Waals surface area contributed by atoms with Crippen LogP contribution >= 0.6 is 0 Å². The van der Waals surface area contributed by atoms with Crippen LogP contribution in [0.25, 0.3) is 5.82 Å². The van der Waals surface area contributed by atoms with Gasteiger partial charge in [-0.1, -0.05) is 12.1 Å². The van der Waals surface area contributed by atoms with Crippen molar-refractivity contribution in [1.82, 2.24) is 24.6 Å². The molecule has 0 bridgehead atoms. The predicted octanol–water partition coefficient (Wildman–Crippen LogP) is 2.31. The molecule has 0 unspecified atom stereocenters. The van der Waals surface area contributed by atoms with Crippen molar-refractivity contribution in [2.24, 2.45) is 0 Å². The number of hydrogen-bond acceptors (Lipinski definition) is 7. The average molecular weight is 441 g/mol. The molecule has 4 rings (SSSR count). The van der Waals surface area contributed by atoms with Crippen molar-refractivity contribution in [3.8, 4) is 5.82 Å². The first-order valence-corrected chi connectivity index (χ1v) is 12.2. The molecule has 0 N–H and O–H groups in total. The number of nitrogens with zero attached hydrogens (tertiary/aromatic N) is 6. The number of aromatic nitrogens is 4. The van der Waals surface area contributed by atoms with Gasteiger partial charge in [0.1, 0.15) is 5.82 Å². The van der Waals surface area contributed by atoms with Crippen LogP contribution < -0.4 is 4.90 Å². The molecule has 0 spiro atoms. The minimum atomic E-state index is -3.16. The second-order valence-electron chi connectivity index (χ2n) is 8.09. The van der Waals surface area contributed by atoms with Crippen molar-refractivity contribution in [1.29, 1.82) is 0 Å². The molecule has 0 aromatic carbocycles. The summed E-state index contributed by atoms with van der Waals surface area (Å²) in [7, 11) is -3.16. The zero-order chi connectivity index (χ0) is 21.8. The Bertz CT molecular complexity index is 1110. The lowest BCUT2D eigenvalue weighted by Crippen LogP contribution is -2.46. The molecule has 0 atom stereocenters. The summed E-state index contributed by atoms with van der Waals surface area (Å²) in [6, 6.07) is 11.4. The highest BCUT2D eigenvalue weighted by Gasteiger charge is 2.21. The van der Waals surface area contributed by atoms with Crippen LogP contribution in [0.4, 0.5) is 5.82 Å². The Morgan fingerprint density at radius 2 is 1.77 bits per heavy atom. The van der Waals surface area contributed by atoms with Crippen molar-refractivity contribution in [3.63, 3.8) is 0 Å². The monoisotopic (exact) mass is 440 g/mol. The fraction of sp³-hybridized carbons (Fsp3) is 0.409. The van der Waals surface area contributed by atoms with E-state index in [2.05, 4.69) is 24.9 Å². The normalized spacial score (nSPS) is 15.5. The molecule has 1 saturated heterocycles. The Kier molecular flexibility index (Phi) is 6.33. The van der Waals surface area contributed by atoms with Gasteiger partial charge in [-0.2, -0.15) is 5.10 Å². The predicted molar refractivity (Wildman–Crippen MR) is 121 cm³/mol. The fourth-order valence-electron chi connectivity index (χ4n) is 3.55. The third kappa shape index (κ3) is 5.29. The van der Waals surface area contributed by atoms with E-state index in [1.54, 1.807) is 30.8 Å². The number of hydrogen-bond donors (Lipinski definition) is 0. The molecule has 8 nitrogen and oxygen atoms in total. The summed E-state index contributed by atoms with van der Waals surface area (Å²) in [5.41, 5.74) is 1.76. The lowest BCUT2D eigenvalue weighted by atomic mass is 10.2. The highest BCUT2D eigenvalue weighted by molar-refractivity contribution is 7.91. The van der Waals surface area contributed by atoms with Gasteiger partial charge in [-0.05, 0) is 38.1 Å². The van der Waals surface area contributed by atoms with Crippen molar-refractivity contribution in [2.45, 2.75) is 31.4 Å². The summed E-state index contributed by atoms with van der Waals surface area (Å²) in [6.45, 7) is 7.76. The molecular formula is C22H28N6O2S. The van der Waals surface area contributed by atoms with Crippen molar-refractivity contribution in [2.75, 3.05) is 31.1 Å². The van der Waals surface area contributed by atoms with Gasteiger partial charge in [0.2, 0.25) is 0 Å². The smallest absolute Gasteiger partial charge is 0.158 e. The van der Waals surface area contributed by atoms with Gasteiger partial charge in [0.15, 0.2) is 15.7 Å². The van der Waals surface area contributed by atoms with Crippen molar-refractivity contribution in [3.05, 3.63) is 66.2 Å². The van der Waals surface area contributed by atoms with E-state index in [4.69, 9.17) is 0 Å². The summed E-state index contributed by atoms with van der Waals surface area (Å²) < 4.78 is 26.2. The van der Waals surface area contributed by atoms with E-state index in [9.17, 15) is 8.42 Å². The van der Waals surface area contributed by atoms with E-state index in [1.807, 2.05) is 42.7 Å². The quantitative estimate of drug-likeness (QED) is 0.557. The van der Waals surface area contributed by atoms with Crippen LogP contribution in [0.3, 0.4) is 0 Å². The highest BCUT2D eigenvalue weighted by Crippen LogP contribution is 2.18. The lowest BCUT2D eigenvalue weighted by molar-refractivity contribution is 0.249. The van der Waals surface area contributed by atoms with Crippen LogP contribution in [-0.4, -0.2) is 64.5 Å². The topological polar surface area (TPSA) is 84.2 Å². The standard InChI is InChI=1S/C22H28N6O2S/c1-18(2)31(29,30)17-20-6-5-8-22(25-20)27-12-10-26(11-13-27)15-19-14-24-28(16-19)21-7-3-4-9-23-21/h3-9,14,16,18H,10-13,15,17H2,1-2H3. The maximum Gasteiger partial charge on any atom is 0.158 e. The first kappa shape index (κ1) is 21.5. The Balaban J connectivity index is 1.34. The highest BCUT2D eigenvalue weighted by atomic mass is 32.2. The molecule has 3 aromatic rings. The van der Waals surface area contributed by atoms with Crippen LogP contribution in [-0.2, 0) is 22.1 Å². The number of sulfone groups is 1. The third-order valence-electron chi connectivity index (χ3n) is 5.48. The minimum Gasteiger partial charge on any atom is -0.354 e. The molecule has 3 aromatic heterocycles. The number of rotatable bonds is 7. The SMILES string of the molecule is CC(C)S(=O)(=O)Cc1cccc(N2CCN(Cc3cnn(-c4ccccn4)c3)CC2)n1. The molecule has 0 saturated carbocycles. The van der Waals surface area contributed by atoms with Gasteiger partial charge in [0.25, 0.3) is 0 Å². The van der Waals surface area contributed by atoms with Gasteiger partial charge in [-0.15, -0.1) is 0 Å². The zero-order valence-corrected chi connectivity index (χ0v) is 18.7. The maximum atomic E-state index is 12.2. The Labute approximate surface area is 183 Å². The van der Waals surface area contributed by atoms with Gasteiger partial charge in [0, 0.05) is 50.7 Å². The summed E-state index contributed by atoms with van der Waals surface area (Å²) in [6.07, 6.45) is 5.67. The van der Waals surface area contributed by atoms with Gasteiger partial charge in [-0.25, -0.2) is 23.1 Å². The molecule has 4 heterocycles. The van der Waals surface area contributed by atoms with Crippen LogP contribution in [0.1, 0.15) is 25.1 Å². The molecule has 164 valence electrons. The second-order valence-corrected chi connectivity index (χ2v) is 10.6. The second kappa shape index (κ2) is 9.15. The summed E-state index contributed by atoms with van der Waals surface area (Å²) in [5, 5.41) is 4.02. The average Bonchev–Trinajstić information content (AvgIpc) is 3.23. The Morgan fingerprint density at radius 1 is 1.00 bits per heavy atom. The van der Waals surface area contributed by atoms with Gasteiger partial charge < -0.3 is 4.90 Å². The zero-order valence-electron chi connectivity index (χ0n) is 17.9. The number of anilines is 1. The first-order chi connectivity index (χ1) is 14.9. The maximum absolute atomic E-state index is 12.2. The van der Waals surface area contributed by atoms with Crippen LogP contribution in [0.2, 0.25) is 0 Å². The summed E-state index contributed by atoms with van der Waals surface area (Å²) >= 11 is 0. The molecule has 9 heteroatoms. The molecule has 1 aliphatic rings. The fourth-order valence-corrected chi connectivity index (χ4v) is 4.45. The van der Waals surface area contributed by atoms with E-state index in [0.29, 0.717) is 5.69 Å². The van der Waals surface area contributed by atoms with Crippen LogP contribution in [0.15, 0.2) is 55.0 Å². The summed E-state index contributed by atoms with van der Waals surface area (Å²) in [5.74, 6) is 1.64. The van der Waals surface area contributed by atoms with E-state index in [0.717, 1.165) is 49.9 Å². The number of pyridine rings is 2. The third-order valence-corrected chi connectivity index (χ3v) is 7.62. The van der Waals surface area contributed by atoms with E-state index < -0.39 is 15.1 Å². The molecule has 31 heavy (non-hydrogen) atoms. The van der Waals surface area contributed by atoms with Gasteiger partial charge in [0.05, 0.1) is 22.9 Å². The minimum absolute atomic E-state index is 0.0151. The van der Waals surface area contributed by atoms with Crippen LogP contribution in [0.5, 0.6) is 0 Å². The lowest BCUT2D eigenvalue weighted by Gasteiger charge is -2.35. The Hall–Kier alpha value is -2.78. The molecule has 1 fully saturated rings. The van der Waals surface area contributed by atoms with Crippen molar-refractivity contribution < 1.29 is 8.42 Å². The largest absolute Gasteiger partial charge is 0.354 e. The first-order valence-electron chi connectivity index (χ1n) is 10.5.